The van der Waals surface area contributed by atoms with Crippen molar-refractivity contribution in [2.24, 2.45) is 0 Å². The fraction of sp³-hybridized carbons (Fsp3) is 0.923. The first-order chi connectivity index (χ1) is 8.17. The summed E-state index contributed by atoms with van der Waals surface area (Å²) in [6.07, 6.45) is 6.62. The minimum absolute atomic E-state index is 0.143. The molecule has 0 aromatic rings. The zero-order chi connectivity index (χ0) is 12.3. The molecule has 1 saturated carbocycles. The van der Waals surface area contributed by atoms with Gasteiger partial charge in [-0.15, -0.1) is 0 Å². The lowest BCUT2D eigenvalue weighted by Gasteiger charge is -2.43. The van der Waals surface area contributed by atoms with Gasteiger partial charge in [-0.2, -0.15) is 0 Å². The second-order valence-electron chi connectivity index (χ2n) is 5.54. The Hall–Kier alpha value is -0.610. The number of nitrogens with zero attached hydrogens (tertiary/aromatic N) is 1. The van der Waals surface area contributed by atoms with Crippen LogP contribution in [0.1, 0.15) is 45.4 Å². The van der Waals surface area contributed by atoms with E-state index in [0.29, 0.717) is 0 Å². The van der Waals surface area contributed by atoms with Gasteiger partial charge in [0.25, 0.3) is 0 Å². The van der Waals surface area contributed by atoms with E-state index in [1.807, 2.05) is 11.8 Å². The number of hydrogen-bond donors (Lipinski definition) is 2. The number of carbonyl (C=O) groups excluding carboxylic acids is 1. The van der Waals surface area contributed by atoms with Crippen molar-refractivity contribution in [3.8, 4) is 0 Å². The number of aliphatic hydroxyl groups is 1. The van der Waals surface area contributed by atoms with E-state index in [-0.39, 0.29) is 24.1 Å². The van der Waals surface area contributed by atoms with E-state index in [9.17, 15) is 9.90 Å². The van der Waals surface area contributed by atoms with Crippen LogP contribution in [0.15, 0.2) is 0 Å². The predicted octanol–water partition coefficient (Wildman–Crippen LogP) is 0.892. The monoisotopic (exact) mass is 240 g/mol. The summed E-state index contributed by atoms with van der Waals surface area (Å²) in [7, 11) is 0. The minimum Gasteiger partial charge on any atom is -0.394 e. The normalized spacial score (nSPS) is 25.2. The maximum absolute atomic E-state index is 12.2. The number of nitrogens with one attached hydrogen (secondary N) is 1. The standard InChI is InChI=1S/C13H24N2O2/c1-11(14-13(10-16)6-5-7-13)12(17)15-8-3-2-4-9-15/h11,14,16H,2-10H2,1H3. The van der Waals surface area contributed by atoms with Crippen LogP contribution in [0.5, 0.6) is 0 Å². The Balaban J connectivity index is 1.85. The molecule has 1 unspecified atom stereocenters. The van der Waals surface area contributed by atoms with Crippen LogP contribution >= 0.6 is 0 Å². The summed E-state index contributed by atoms with van der Waals surface area (Å²) in [6, 6.07) is -0.166. The molecule has 0 radical (unpaired) electrons. The van der Waals surface area contributed by atoms with Gasteiger partial charge in [-0.05, 0) is 45.4 Å². The first-order valence-electron chi connectivity index (χ1n) is 6.84. The molecule has 0 aromatic heterocycles. The Bertz CT molecular complexity index is 265. The van der Waals surface area contributed by atoms with Crippen LogP contribution < -0.4 is 5.32 Å². The van der Waals surface area contributed by atoms with Gasteiger partial charge in [-0.25, -0.2) is 0 Å². The Morgan fingerprint density at radius 3 is 2.41 bits per heavy atom. The number of aliphatic hydroxyl groups excluding tert-OH is 1. The van der Waals surface area contributed by atoms with Crippen molar-refractivity contribution in [1.29, 1.82) is 0 Å². The first kappa shape index (κ1) is 12.8. The van der Waals surface area contributed by atoms with Gasteiger partial charge in [0.2, 0.25) is 5.91 Å². The van der Waals surface area contributed by atoms with Crippen molar-refractivity contribution in [1.82, 2.24) is 10.2 Å². The zero-order valence-electron chi connectivity index (χ0n) is 10.7. The summed E-state index contributed by atoms with van der Waals surface area (Å²) in [5.41, 5.74) is -0.176. The highest BCUT2D eigenvalue weighted by Crippen LogP contribution is 2.31. The Morgan fingerprint density at radius 1 is 1.29 bits per heavy atom. The van der Waals surface area contributed by atoms with Crippen LogP contribution in [0.25, 0.3) is 0 Å². The minimum atomic E-state index is -0.176. The summed E-state index contributed by atoms with van der Waals surface area (Å²) in [4.78, 5) is 14.2. The highest BCUT2D eigenvalue weighted by Gasteiger charge is 2.39. The maximum Gasteiger partial charge on any atom is 0.239 e. The van der Waals surface area contributed by atoms with E-state index < -0.39 is 0 Å². The quantitative estimate of drug-likeness (QED) is 0.767. The lowest BCUT2D eigenvalue weighted by atomic mass is 9.77. The molecule has 4 heteroatoms. The van der Waals surface area contributed by atoms with Crippen LogP contribution in [-0.4, -0.2) is 47.2 Å². The third-order valence-electron chi connectivity index (χ3n) is 4.17. The van der Waals surface area contributed by atoms with E-state index in [2.05, 4.69) is 5.32 Å². The summed E-state index contributed by atoms with van der Waals surface area (Å²) >= 11 is 0. The van der Waals surface area contributed by atoms with Crippen molar-refractivity contribution in [2.45, 2.75) is 57.0 Å². The van der Waals surface area contributed by atoms with Crippen molar-refractivity contribution in [3.63, 3.8) is 0 Å². The number of likely N-dealkylation sites (tertiary alicyclic amines) is 1. The lowest BCUT2D eigenvalue weighted by molar-refractivity contribution is -0.135. The van der Waals surface area contributed by atoms with Crippen LogP contribution in [0.3, 0.4) is 0 Å². The Morgan fingerprint density at radius 2 is 1.94 bits per heavy atom. The van der Waals surface area contributed by atoms with Gasteiger partial charge >= 0.3 is 0 Å². The van der Waals surface area contributed by atoms with Crippen LogP contribution in [0.2, 0.25) is 0 Å². The summed E-state index contributed by atoms with van der Waals surface area (Å²) in [5.74, 6) is 0.199. The molecule has 98 valence electrons. The number of carbonyl (C=O) groups is 1. The van der Waals surface area contributed by atoms with Crippen LogP contribution in [0.4, 0.5) is 0 Å². The number of hydrogen-bond acceptors (Lipinski definition) is 3. The van der Waals surface area contributed by atoms with E-state index in [1.54, 1.807) is 0 Å². The zero-order valence-corrected chi connectivity index (χ0v) is 10.7. The smallest absolute Gasteiger partial charge is 0.239 e. The van der Waals surface area contributed by atoms with E-state index in [1.165, 1.54) is 6.42 Å². The molecule has 1 saturated heterocycles. The van der Waals surface area contributed by atoms with Gasteiger partial charge in [0.05, 0.1) is 12.6 Å². The van der Waals surface area contributed by atoms with Crippen LogP contribution in [-0.2, 0) is 4.79 Å². The SMILES string of the molecule is CC(NC1(CO)CCC1)C(=O)N1CCCCC1. The summed E-state index contributed by atoms with van der Waals surface area (Å²) in [6.45, 7) is 3.87. The molecule has 0 spiro atoms. The molecule has 4 nitrogen and oxygen atoms in total. The Labute approximate surface area is 103 Å². The molecule has 0 bridgehead atoms. The molecule has 1 amide bonds. The molecule has 0 aromatic carbocycles. The van der Waals surface area contributed by atoms with Gasteiger partial charge in [-0.3, -0.25) is 10.1 Å². The highest BCUT2D eigenvalue weighted by atomic mass is 16.3. The van der Waals surface area contributed by atoms with Crippen molar-refractivity contribution >= 4 is 5.91 Å². The topological polar surface area (TPSA) is 52.6 Å². The average molecular weight is 240 g/mol. The van der Waals surface area contributed by atoms with E-state index in [0.717, 1.165) is 45.2 Å². The maximum atomic E-state index is 12.2. The number of rotatable bonds is 4. The molecule has 17 heavy (non-hydrogen) atoms. The molecule has 2 rings (SSSR count). The van der Waals surface area contributed by atoms with E-state index in [4.69, 9.17) is 0 Å². The van der Waals surface area contributed by atoms with Gasteiger partial charge in [0.15, 0.2) is 0 Å². The fourth-order valence-electron chi connectivity index (χ4n) is 2.86. The Kier molecular flexibility index (Phi) is 4.05. The van der Waals surface area contributed by atoms with E-state index >= 15 is 0 Å². The third kappa shape index (κ3) is 2.80. The van der Waals surface area contributed by atoms with Crippen molar-refractivity contribution in [2.75, 3.05) is 19.7 Å². The second kappa shape index (κ2) is 5.36. The van der Waals surface area contributed by atoms with Crippen molar-refractivity contribution < 1.29 is 9.90 Å². The third-order valence-corrected chi connectivity index (χ3v) is 4.17. The van der Waals surface area contributed by atoms with Gasteiger partial charge in [-0.1, -0.05) is 0 Å². The molecule has 1 heterocycles. The molecular formula is C13H24N2O2. The van der Waals surface area contributed by atoms with Gasteiger partial charge in [0, 0.05) is 18.6 Å². The van der Waals surface area contributed by atoms with Gasteiger partial charge in [0.1, 0.15) is 0 Å². The summed E-state index contributed by atoms with van der Waals surface area (Å²) in [5, 5.41) is 12.7. The second-order valence-corrected chi connectivity index (χ2v) is 5.54. The molecule has 2 fully saturated rings. The molecule has 2 aliphatic rings. The molecule has 2 N–H and O–H groups in total. The lowest BCUT2D eigenvalue weighted by Crippen LogP contribution is -2.60. The fourth-order valence-corrected chi connectivity index (χ4v) is 2.86. The van der Waals surface area contributed by atoms with Gasteiger partial charge < -0.3 is 10.0 Å². The van der Waals surface area contributed by atoms with Crippen LogP contribution in [0, 0.1) is 0 Å². The number of piperidine rings is 1. The molecule has 1 aliphatic heterocycles. The molecule has 1 aliphatic carbocycles. The largest absolute Gasteiger partial charge is 0.394 e. The van der Waals surface area contributed by atoms with Crippen molar-refractivity contribution in [3.05, 3.63) is 0 Å². The molecular weight excluding hydrogens is 216 g/mol. The number of amides is 1. The summed E-state index contributed by atoms with van der Waals surface area (Å²) < 4.78 is 0. The molecule has 1 atom stereocenters. The predicted molar refractivity (Wildman–Crippen MR) is 66.7 cm³/mol. The average Bonchev–Trinajstić information content (AvgIpc) is 2.33. The first-order valence-corrected chi connectivity index (χ1v) is 6.84. The highest BCUT2D eigenvalue weighted by molar-refractivity contribution is 5.81.